The highest BCUT2D eigenvalue weighted by Crippen LogP contribution is 2.12. The Labute approximate surface area is 124 Å². The molecule has 0 unspecified atom stereocenters. The molecule has 0 spiro atoms. The van der Waals surface area contributed by atoms with Gasteiger partial charge in [0.25, 0.3) is 4.84 Å². The molecule has 20 heavy (non-hydrogen) atoms. The summed E-state index contributed by atoms with van der Waals surface area (Å²) in [4.78, 5) is 11.9. The molecule has 6 nitrogen and oxygen atoms in total. The number of halogens is 1. The Bertz CT molecular complexity index is 777. The van der Waals surface area contributed by atoms with Gasteiger partial charge < -0.3 is 4.42 Å². The van der Waals surface area contributed by atoms with Crippen LogP contribution >= 0.6 is 23.8 Å². The molecule has 0 saturated carbocycles. The first kappa shape index (κ1) is 14.9. The number of nitrogens with zero attached hydrogens (tertiary/aromatic N) is 1. The number of carbonyl (C=O) groups excluding carboxylic acids is 1. The second-order valence-electron chi connectivity index (χ2n) is 3.97. The topological polar surface area (TPSA) is 93.0 Å². The third-order valence-corrected chi connectivity index (χ3v) is 4.16. The second kappa shape index (κ2) is 5.86. The Kier molecular flexibility index (Phi) is 4.36. The number of hydrogen-bond acceptors (Lipinski definition) is 6. The summed E-state index contributed by atoms with van der Waals surface area (Å²) in [5.41, 5.74) is 0.279. The van der Waals surface area contributed by atoms with Gasteiger partial charge in [-0.15, -0.1) is 5.10 Å². The molecule has 1 aromatic carbocycles. The van der Waals surface area contributed by atoms with E-state index in [1.54, 1.807) is 0 Å². The molecule has 2 aromatic rings. The number of H-pyrrole nitrogens is 1. The number of rotatable bonds is 5. The first-order valence-electron chi connectivity index (χ1n) is 5.39. The van der Waals surface area contributed by atoms with E-state index in [2.05, 4.69) is 22.4 Å². The summed E-state index contributed by atoms with van der Waals surface area (Å²) in [5, 5.41) is 6.38. The number of nitrogens with one attached hydrogen (secondary N) is 1. The first-order valence-corrected chi connectivity index (χ1v) is 8.00. The molecule has 0 bridgehead atoms. The van der Waals surface area contributed by atoms with Crippen molar-refractivity contribution < 1.29 is 17.6 Å². The number of hydrogen-bond donors (Lipinski definition) is 1. The standard InChI is InChI=1S/C11H9ClN2O4S2/c12-8-3-1-7(2-4-8)9(15)5-20(16,17)6-10-13-14-11(19)18-10/h1-4H,5-6H2,(H,14,19). The number of aromatic amines is 1. The van der Waals surface area contributed by atoms with E-state index in [0.29, 0.717) is 5.02 Å². The van der Waals surface area contributed by atoms with Gasteiger partial charge in [0.2, 0.25) is 5.89 Å². The predicted molar refractivity (Wildman–Crippen MR) is 75.0 cm³/mol. The Morgan fingerprint density at radius 2 is 2.00 bits per heavy atom. The van der Waals surface area contributed by atoms with Crippen molar-refractivity contribution in [2.75, 3.05) is 5.75 Å². The van der Waals surface area contributed by atoms with E-state index < -0.39 is 27.1 Å². The van der Waals surface area contributed by atoms with E-state index in [9.17, 15) is 13.2 Å². The minimum Gasteiger partial charge on any atom is -0.413 e. The van der Waals surface area contributed by atoms with Gasteiger partial charge in [0.15, 0.2) is 15.6 Å². The monoisotopic (exact) mass is 332 g/mol. The fourth-order valence-corrected chi connectivity index (χ4v) is 2.92. The van der Waals surface area contributed by atoms with Crippen molar-refractivity contribution in [3.8, 4) is 0 Å². The van der Waals surface area contributed by atoms with E-state index >= 15 is 0 Å². The maximum Gasteiger partial charge on any atom is 0.284 e. The average Bonchev–Trinajstić information content (AvgIpc) is 2.73. The predicted octanol–water partition coefficient (Wildman–Crippen LogP) is 2.18. The van der Waals surface area contributed by atoms with Crippen molar-refractivity contribution >= 4 is 39.4 Å². The maximum absolute atomic E-state index is 11.9. The third kappa shape index (κ3) is 3.99. The van der Waals surface area contributed by atoms with Gasteiger partial charge in [0, 0.05) is 10.6 Å². The van der Waals surface area contributed by atoms with E-state index in [0.717, 1.165) is 0 Å². The summed E-state index contributed by atoms with van der Waals surface area (Å²) < 4.78 is 28.6. The molecule has 0 radical (unpaired) electrons. The molecule has 106 valence electrons. The quantitative estimate of drug-likeness (QED) is 0.666. The molecular weight excluding hydrogens is 324 g/mol. The van der Waals surface area contributed by atoms with Gasteiger partial charge in [0.05, 0.1) is 0 Å². The Morgan fingerprint density at radius 1 is 1.35 bits per heavy atom. The van der Waals surface area contributed by atoms with Gasteiger partial charge in [-0.05, 0) is 36.5 Å². The van der Waals surface area contributed by atoms with E-state index in [-0.39, 0.29) is 16.3 Å². The zero-order chi connectivity index (χ0) is 14.8. The van der Waals surface area contributed by atoms with Crippen molar-refractivity contribution in [2.45, 2.75) is 5.75 Å². The van der Waals surface area contributed by atoms with Gasteiger partial charge in [-0.25, -0.2) is 13.5 Å². The molecule has 0 atom stereocenters. The summed E-state index contributed by atoms with van der Waals surface area (Å²) in [5.74, 6) is -1.71. The largest absolute Gasteiger partial charge is 0.413 e. The summed E-state index contributed by atoms with van der Waals surface area (Å²) in [6.45, 7) is 0. The number of ketones is 1. The molecule has 0 fully saturated rings. The van der Waals surface area contributed by atoms with Crippen LogP contribution in [0.4, 0.5) is 0 Å². The average molecular weight is 333 g/mol. The molecule has 1 aromatic heterocycles. The minimum absolute atomic E-state index is 0.0146. The first-order chi connectivity index (χ1) is 9.35. The number of carbonyl (C=O) groups is 1. The van der Waals surface area contributed by atoms with Gasteiger partial charge in [-0.1, -0.05) is 11.6 Å². The lowest BCUT2D eigenvalue weighted by Crippen LogP contribution is -2.18. The van der Waals surface area contributed by atoms with E-state index in [4.69, 9.17) is 16.0 Å². The molecular formula is C11H9ClN2O4S2. The van der Waals surface area contributed by atoms with Crippen LogP contribution in [0.2, 0.25) is 5.02 Å². The molecule has 2 rings (SSSR count). The number of aromatic nitrogens is 2. The zero-order valence-electron chi connectivity index (χ0n) is 10.00. The van der Waals surface area contributed by atoms with Crippen LogP contribution in [-0.4, -0.2) is 30.2 Å². The molecule has 1 heterocycles. The molecule has 1 N–H and O–H groups in total. The summed E-state index contributed by atoms with van der Waals surface area (Å²) in [6.07, 6.45) is 0. The lowest BCUT2D eigenvalue weighted by Gasteiger charge is -2.02. The highest BCUT2D eigenvalue weighted by Gasteiger charge is 2.21. The van der Waals surface area contributed by atoms with Crippen molar-refractivity contribution in [1.82, 2.24) is 10.2 Å². The van der Waals surface area contributed by atoms with Gasteiger partial charge >= 0.3 is 0 Å². The molecule has 0 aliphatic carbocycles. The summed E-state index contributed by atoms with van der Waals surface area (Å²) in [6, 6.07) is 5.99. The summed E-state index contributed by atoms with van der Waals surface area (Å²) in [7, 11) is -3.68. The molecule has 0 aliphatic heterocycles. The normalized spacial score (nSPS) is 11.4. The molecule has 0 amide bonds. The lowest BCUT2D eigenvalue weighted by atomic mass is 10.1. The number of benzene rings is 1. The van der Waals surface area contributed by atoms with Gasteiger partial charge in [-0.2, -0.15) is 0 Å². The highest BCUT2D eigenvalue weighted by atomic mass is 35.5. The maximum atomic E-state index is 11.9. The lowest BCUT2D eigenvalue weighted by molar-refractivity contribution is 0.102. The van der Waals surface area contributed by atoms with Crippen LogP contribution in [-0.2, 0) is 15.6 Å². The van der Waals surface area contributed by atoms with Crippen molar-refractivity contribution in [2.24, 2.45) is 0 Å². The fourth-order valence-electron chi connectivity index (χ4n) is 1.48. The zero-order valence-corrected chi connectivity index (χ0v) is 12.4. The minimum atomic E-state index is -3.68. The van der Waals surface area contributed by atoms with Crippen LogP contribution in [0.5, 0.6) is 0 Å². The molecule has 9 heteroatoms. The third-order valence-electron chi connectivity index (χ3n) is 2.34. The molecule has 0 saturated heterocycles. The van der Waals surface area contributed by atoms with Crippen molar-refractivity contribution in [3.63, 3.8) is 0 Å². The SMILES string of the molecule is O=C(CS(=O)(=O)Cc1n[nH]c(=S)o1)c1ccc(Cl)cc1. The van der Waals surface area contributed by atoms with Crippen LogP contribution in [0.1, 0.15) is 16.2 Å². The van der Waals surface area contributed by atoms with E-state index in [1.807, 2.05) is 0 Å². The van der Waals surface area contributed by atoms with E-state index in [1.165, 1.54) is 24.3 Å². The van der Waals surface area contributed by atoms with Gasteiger partial charge in [-0.3, -0.25) is 4.79 Å². The van der Waals surface area contributed by atoms with Crippen molar-refractivity contribution in [1.29, 1.82) is 0 Å². The smallest absolute Gasteiger partial charge is 0.284 e. The Balaban J connectivity index is 2.10. The van der Waals surface area contributed by atoms with Crippen LogP contribution in [0.3, 0.4) is 0 Å². The van der Waals surface area contributed by atoms with Crippen LogP contribution in [0.25, 0.3) is 0 Å². The molecule has 0 aliphatic rings. The number of sulfone groups is 1. The Hall–Kier alpha value is -1.51. The second-order valence-corrected chi connectivity index (χ2v) is 6.84. The van der Waals surface area contributed by atoms with Gasteiger partial charge in [0.1, 0.15) is 11.5 Å². The summed E-state index contributed by atoms with van der Waals surface area (Å²) >= 11 is 10.3. The van der Waals surface area contributed by atoms with Crippen molar-refractivity contribution in [3.05, 3.63) is 45.6 Å². The van der Waals surface area contributed by atoms with Crippen LogP contribution in [0.15, 0.2) is 28.7 Å². The van der Waals surface area contributed by atoms with Crippen LogP contribution < -0.4 is 0 Å². The Morgan fingerprint density at radius 3 is 2.55 bits per heavy atom. The van der Waals surface area contributed by atoms with Crippen LogP contribution in [0, 0.1) is 4.84 Å². The fraction of sp³-hybridized carbons (Fsp3) is 0.182. The highest BCUT2D eigenvalue weighted by molar-refractivity contribution is 7.91. The number of Topliss-reactive ketones (excluding diaryl/α,β-unsaturated/α-hetero) is 1.